The van der Waals surface area contributed by atoms with Crippen molar-refractivity contribution in [3.8, 4) is 6.07 Å². The number of hydrogen-bond donors (Lipinski definition) is 2. The van der Waals surface area contributed by atoms with Crippen LogP contribution in [0.15, 0.2) is 18.2 Å². The summed E-state index contributed by atoms with van der Waals surface area (Å²) in [6.45, 7) is 2.39. The molecular formula is C20H22F2N3OS+. The zero-order chi connectivity index (χ0) is 19.4. The van der Waals surface area contributed by atoms with Gasteiger partial charge in [0.05, 0.1) is 18.5 Å². The van der Waals surface area contributed by atoms with E-state index in [2.05, 4.69) is 11.4 Å². The first-order valence-corrected chi connectivity index (χ1v) is 9.94. The van der Waals surface area contributed by atoms with E-state index < -0.39 is 11.6 Å². The highest BCUT2D eigenvalue weighted by atomic mass is 32.1. The van der Waals surface area contributed by atoms with Crippen LogP contribution in [-0.4, -0.2) is 12.5 Å². The maximum atomic E-state index is 13.3. The van der Waals surface area contributed by atoms with Crippen molar-refractivity contribution in [3.05, 3.63) is 51.4 Å². The Morgan fingerprint density at radius 2 is 2.11 bits per heavy atom. The van der Waals surface area contributed by atoms with Gasteiger partial charge in [-0.1, -0.05) is 0 Å². The molecule has 0 unspecified atom stereocenters. The molecule has 0 spiro atoms. The molecule has 0 bridgehead atoms. The molecule has 142 valence electrons. The Morgan fingerprint density at radius 3 is 2.85 bits per heavy atom. The number of rotatable bonds is 6. The van der Waals surface area contributed by atoms with Gasteiger partial charge >= 0.3 is 0 Å². The monoisotopic (exact) mass is 390 g/mol. The van der Waals surface area contributed by atoms with E-state index in [1.165, 1.54) is 22.3 Å². The molecule has 0 saturated carbocycles. The lowest BCUT2D eigenvalue weighted by atomic mass is 9.96. The van der Waals surface area contributed by atoms with Gasteiger partial charge in [0.25, 0.3) is 0 Å². The molecule has 1 aliphatic rings. The fourth-order valence-corrected chi connectivity index (χ4v) is 4.61. The first-order chi connectivity index (χ1) is 13.0. The molecule has 2 aromatic rings. The Morgan fingerprint density at radius 1 is 1.33 bits per heavy atom. The molecule has 4 nitrogen and oxygen atoms in total. The zero-order valence-electron chi connectivity index (χ0n) is 15.1. The molecular weight excluding hydrogens is 368 g/mol. The van der Waals surface area contributed by atoms with Gasteiger partial charge in [-0.15, -0.1) is 11.3 Å². The molecule has 0 saturated heterocycles. The van der Waals surface area contributed by atoms with E-state index in [4.69, 9.17) is 0 Å². The van der Waals surface area contributed by atoms with Crippen LogP contribution in [0.5, 0.6) is 0 Å². The molecule has 0 aliphatic heterocycles. The van der Waals surface area contributed by atoms with E-state index in [1.807, 2.05) is 12.2 Å². The fourth-order valence-electron chi connectivity index (χ4n) is 3.36. The summed E-state index contributed by atoms with van der Waals surface area (Å²) in [4.78, 5) is 13.5. The number of nitriles is 1. The van der Waals surface area contributed by atoms with Crippen molar-refractivity contribution in [1.82, 2.24) is 0 Å². The van der Waals surface area contributed by atoms with E-state index >= 15 is 0 Å². The van der Waals surface area contributed by atoms with Crippen LogP contribution in [0.4, 0.5) is 13.8 Å². The summed E-state index contributed by atoms with van der Waals surface area (Å²) in [5, 5.41) is 14.9. The van der Waals surface area contributed by atoms with Gasteiger partial charge in [-0.05, 0) is 56.4 Å². The highest BCUT2D eigenvalue weighted by molar-refractivity contribution is 7.16. The van der Waals surface area contributed by atoms with Crippen molar-refractivity contribution >= 4 is 22.2 Å². The minimum Gasteiger partial charge on any atom is -0.340 e. The molecule has 1 atom stereocenters. The number of fused-ring (bicyclic) bond motifs is 1. The minimum atomic E-state index is -0.865. The number of aryl methyl sites for hydroxylation is 1. The number of halogens is 2. The lowest BCUT2D eigenvalue weighted by Crippen LogP contribution is -2.85. The van der Waals surface area contributed by atoms with Crippen molar-refractivity contribution < 1.29 is 18.9 Å². The highest BCUT2D eigenvalue weighted by Gasteiger charge is 2.22. The van der Waals surface area contributed by atoms with Crippen LogP contribution in [-0.2, 0) is 17.6 Å². The molecule has 1 heterocycles. The Kier molecular flexibility index (Phi) is 6.19. The molecule has 0 radical (unpaired) electrons. The van der Waals surface area contributed by atoms with E-state index in [-0.39, 0.29) is 18.4 Å². The summed E-state index contributed by atoms with van der Waals surface area (Å²) in [5.41, 5.74) is 2.39. The molecule has 1 aromatic heterocycles. The maximum absolute atomic E-state index is 13.3. The summed E-state index contributed by atoms with van der Waals surface area (Å²) in [6, 6.07) is 6.00. The van der Waals surface area contributed by atoms with Crippen LogP contribution in [0.25, 0.3) is 0 Å². The first-order valence-electron chi connectivity index (χ1n) is 9.12. The van der Waals surface area contributed by atoms with Gasteiger partial charge in [0.2, 0.25) is 5.91 Å². The van der Waals surface area contributed by atoms with Gasteiger partial charge < -0.3 is 10.6 Å². The Bertz CT molecular complexity index is 888. The van der Waals surface area contributed by atoms with Crippen molar-refractivity contribution in [2.45, 2.75) is 45.1 Å². The Labute approximate surface area is 161 Å². The topological polar surface area (TPSA) is 69.5 Å². The smallest absolute Gasteiger partial charge is 0.230 e. The highest BCUT2D eigenvalue weighted by Crippen LogP contribution is 2.37. The van der Waals surface area contributed by atoms with Crippen LogP contribution in [0, 0.1) is 23.0 Å². The summed E-state index contributed by atoms with van der Waals surface area (Å²) >= 11 is 1.51. The third kappa shape index (κ3) is 4.52. The molecule has 1 aliphatic carbocycles. The molecule has 7 heteroatoms. The first kappa shape index (κ1) is 19.5. The third-order valence-corrected chi connectivity index (χ3v) is 6.10. The normalized spacial score (nSPS) is 14.3. The number of hydrogen-bond acceptors (Lipinski definition) is 3. The van der Waals surface area contributed by atoms with Crippen LogP contribution in [0.1, 0.15) is 53.8 Å². The molecule has 0 fully saturated rings. The van der Waals surface area contributed by atoms with Gasteiger partial charge in [-0.2, -0.15) is 5.26 Å². The number of thiophene rings is 1. The molecule has 1 aromatic carbocycles. The number of benzene rings is 1. The van der Waals surface area contributed by atoms with Crippen molar-refractivity contribution in [2.75, 3.05) is 11.9 Å². The number of amides is 1. The Hall–Kier alpha value is -2.30. The molecule has 1 amide bonds. The van der Waals surface area contributed by atoms with Crippen LogP contribution < -0.4 is 10.6 Å². The number of nitrogens with zero attached hydrogens (tertiary/aromatic N) is 1. The zero-order valence-corrected chi connectivity index (χ0v) is 16.0. The molecule has 27 heavy (non-hydrogen) atoms. The number of nitrogens with two attached hydrogens (primary N) is 1. The second-order valence-electron chi connectivity index (χ2n) is 6.81. The molecule has 3 N–H and O–H groups in total. The average Bonchev–Trinajstić information content (AvgIpc) is 3.00. The number of nitrogens with one attached hydrogen (secondary N) is 1. The standard InChI is InChI=1S/C20H21F2N3OS/c1-12(13-6-7-16(21)17(22)10-13)24-9-8-19(26)25-20-15(11-23)14-4-2-3-5-18(14)27-20/h6-7,10,12,24H,2-5,8-9H2,1H3,(H,25,26)/p+1/t12-/m1/s1. The Balaban J connectivity index is 1.54. The second kappa shape index (κ2) is 8.59. The summed E-state index contributed by atoms with van der Waals surface area (Å²) < 4.78 is 26.3. The minimum absolute atomic E-state index is 0.0865. The number of quaternary nitrogens is 1. The summed E-state index contributed by atoms with van der Waals surface area (Å²) in [5.74, 6) is -1.87. The summed E-state index contributed by atoms with van der Waals surface area (Å²) in [6.07, 6.45) is 4.38. The quantitative estimate of drug-likeness (QED) is 0.793. The van der Waals surface area contributed by atoms with Gasteiger partial charge in [0, 0.05) is 10.4 Å². The third-order valence-electron chi connectivity index (χ3n) is 4.90. The number of anilines is 1. The van der Waals surface area contributed by atoms with E-state index in [0.29, 0.717) is 22.7 Å². The second-order valence-corrected chi connectivity index (χ2v) is 7.92. The van der Waals surface area contributed by atoms with Crippen LogP contribution in [0.2, 0.25) is 0 Å². The van der Waals surface area contributed by atoms with E-state index in [9.17, 15) is 18.8 Å². The maximum Gasteiger partial charge on any atom is 0.230 e. The van der Waals surface area contributed by atoms with Crippen LogP contribution >= 0.6 is 11.3 Å². The lowest BCUT2D eigenvalue weighted by molar-refractivity contribution is -0.691. The van der Waals surface area contributed by atoms with Gasteiger partial charge in [0.1, 0.15) is 17.1 Å². The predicted molar refractivity (Wildman–Crippen MR) is 100 cm³/mol. The summed E-state index contributed by atoms with van der Waals surface area (Å²) in [7, 11) is 0. The fraction of sp³-hybridized carbons (Fsp3) is 0.400. The van der Waals surface area contributed by atoms with Crippen molar-refractivity contribution in [3.63, 3.8) is 0 Å². The number of carbonyl (C=O) groups excluding carboxylic acids is 1. The predicted octanol–water partition coefficient (Wildman–Crippen LogP) is 3.43. The molecule has 3 rings (SSSR count). The van der Waals surface area contributed by atoms with Gasteiger partial charge in [0.15, 0.2) is 11.6 Å². The van der Waals surface area contributed by atoms with Crippen molar-refractivity contribution in [2.24, 2.45) is 0 Å². The average molecular weight is 390 g/mol. The van der Waals surface area contributed by atoms with Gasteiger partial charge in [-0.25, -0.2) is 8.78 Å². The van der Waals surface area contributed by atoms with E-state index in [0.717, 1.165) is 37.3 Å². The van der Waals surface area contributed by atoms with E-state index in [1.54, 1.807) is 6.07 Å². The van der Waals surface area contributed by atoms with Crippen LogP contribution in [0.3, 0.4) is 0 Å². The number of carbonyl (C=O) groups is 1. The SMILES string of the molecule is C[C@@H]([NH2+]CCC(=O)Nc1sc2c(c1C#N)CCCC2)c1ccc(F)c(F)c1. The lowest BCUT2D eigenvalue weighted by Gasteiger charge is -2.11. The largest absolute Gasteiger partial charge is 0.340 e. The van der Waals surface area contributed by atoms with Gasteiger partial charge in [-0.3, -0.25) is 4.79 Å². The van der Waals surface area contributed by atoms with Crippen molar-refractivity contribution in [1.29, 1.82) is 5.26 Å².